The van der Waals surface area contributed by atoms with Crippen molar-refractivity contribution in [2.45, 2.75) is 252 Å². The summed E-state index contributed by atoms with van der Waals surface area (Å²) in [6, 6.07) is 15.2. The average molecular weight is 1810 g/mol. The van der Waals surface area contributed by atoms with Crippen LogP contribution in [0.1, 0.15) is 224 Å². The van der Waals surface area contributed by atoms with E-state index in [0.717, 1.165) is 123 Å². The number of aryl methyl sites for hydroxylation is 9. The Balaban J connectivity index is 0.000000128. The monoisotopic (exact) mass is 1810 g/mol. The number of hydrogen-bond acceptors (Lipinski definition) is 33. The highest BCUT2D eigenvalue weighted by Gasteiger charge is 2.36. The zero-order valence-electron chi connectivity index (χ0n) is 75.7. The van der Waals surface area contributed by atoms with E-state index in [1.54, 1.807) is 35.4 Å². The van der Waals surface area contributed by atoms with Gasteiger partial charge in [-0.05, 0) is 257 Å². The Morgan fingerprint density at radius 1 is 0.379 bits per heavy atom. The summed E-state index contributed by atoms with van der Waals surface area (Å²) in [4.78, 5) is 73.2. The van der Waals surface area contributed by atoms with Crippen LogP contribution in [0.3, 0.4) is 0 Å². The van der Waals surface area contributed by atoms with Crippen LogP contribution in [-0.2, 0) is 92.7 Å². The molecule has 8 atom stereocenters. The van der Waals surface area contributed by atoms with E-state index in [1.807, 2.05) is 97.4 Å². The highest BCUT2D eigenvalue weighted by molar-refractivity contribution is 5.72. The maximum absolute atomic E-state index is 11.3. The van der Waals surface area contributed by atoms with Crippen molar-refractivity contribution in [2.75, 3.05) is 6.61 Å². The molecule has 7 fully saturated rings. The third-order valence-electron chi connectivity index (χ3n) is 25.0. The van der Waals surface area contributed by atoms with Crippen molar-refractivity contribution in [1.82, 2.24) is 151 Å². The summed E-state index contributed by atoms with van der Waals surface area (Å²) in [5.41, 5.74) is 11.5. The molecule has 0 amide bonds. The quantitative estimate of drug-likeness (QED) is 0.0297. The Kier molecular flexibility index (Phi) is 28.9. The highest BCUT2D eigenvalue weighted by atomic mass is 16.5. The second kappa shape index (κ2) is 41.7. The van der Waals surface area contributed by atoms with Gasteiger partial charge in [-0.15, -0.1) is 40.8 Å². The van der Waals surface area contributed by atoms with E-state index in [9.17, 15) is 39.6 Å². The molecule has 0 unspecified atom stereocenters. The number of pyridine rings is 4. The molecule has 4 N–H and O–H groups in total. The highest BCUT2D eigenvalue weighted by Crippen LogP contribution is 2.39. The zero-order chi connectivity index (χ0) is 92.2. The number of carboxylic acid groups (broad SMARTS) is 4. The molecular formula is C88H112N30O14. The Morgan fingerprint density at radius 2 is 0.720 bits per heavy atom. The van der Waals surface area contributed by atoms with Crippen LogP contribution in [0.2, 0.25) is 0 Å². The molecule has 44 heteroatoms. The standard InChI is InChI=1S/C23H28N6O4.C22H28N8O4.C22H28N8O3.C21H28N8O3/c1-13-19(32-16-5-3-4-15(11-16)23(30)31)9-8-17(24-13)22-18(29(2)28-26-22)12-20-25-21(33-27-20)10-14-6-7-14;1-13-19(34-16-5-3-4-15(10-16)21(31)32)9-8-17(23-13)20-18(29(2)27-24-20)11-30-26-22(25-28-30)33-12-14-6-7-14;1-13-19(33-16-5-3-4-15(11-16)22(31)32)9-8-17(23-13)21-18(29(2)27-25-21)12-30-26-20(24-28-30)10-14-6-7-14;1-4-6-19-23-27-29(25-19)12-17-20(24-26-28(17)3)16-9-10-18(13(2)22-16)32-15-8-5-7-14(11-15)21(30)31/h8-9,14-16H,3-7,10-12H2,1-2H3,(H,30,31);8-9,14-16H,3-7,10-12H2,1-2H3,(H,31,32);8-9,14-16H,3-7,10-12H2,1-2H3,(H,31,32);9-10,14-15H,4-8,11-12H2,1-3H3,(H,30,31)/t3*15-,16-;14-,15-/m0000/s1. The van der Waals surface area contributed by atoms with Crippen molar-refractivity contribution < 1.29 is 67.8 Å². The lowest BCUT2D eigenvalue weighted by Crippen LogP contribution is -2.29. The Labute approximate surface area is 759 Å². The van der Waals surface area contributed by atoms with Crippen LogP contribution in [-0.4, -0.2) is 226 Å². The molecular weight excluding hydrogens is 1700 g/mol. The summed E-state index contributed by atoms with van der Waals surface area (Å²) in [5.74, 6) is 3.08. The third-order valence-corrected chi connectivity index (χ3v) is 25.0. The van der Waals surface area contributed by atoms with Gasteiger partial charge in [-0.1, -0.05) is 43.1 Å². The van der Waals surface area contributed by atoms with Gasteiger partial charge in [0.25, 0.3) is 0 Å². The smallest absolute Gasteiger partial charge is 0.356 e. The largest absolute Gasteiger partial charge is 0.489 e. The fourth-order valence-corrected chi connectivity index (χ4v) is 16.9. The van der Waals surface area contributed by atoms with Crippen LogP contribution in [0.25, 0.3) is 45.6 Å². The summed E-state index contributed by atoms with van der Waals surface area (Å²) in [6.07, 6.45) is 22.6. The molecule has 12 heterocycles. The van der Waals surface area contributed by atoms with Gasteiger partial charge in [0.05, 0.1) is 129 Å². The lowest BCUT2D eigenvalue weighted by atomic mass is 9.87. The van der Waals surface area contributed by atoms with Gasteiger partial charge in [0.2, 0.25) is 5.89 Å². The number of hydrogen-bond donors (Lipinski definition) is 4. The minimum atomic E-state index is -0.753. The van der Waals surface area contributed by atoms with Gasteiger partial charge in [-0.3, -0.25) is 23.9 Å². The molecule has 44 nitrogen and oxygen atoms in total. The fraction of sp³-hybridized carbons (Fsp3) is 0.580. The van der Waals surface area contributed by atoms with Gasteiger partial charge < -0.3 is 48.6 Å². The first-order chi connectivity index (χ1) is 63.8. The van der Waals surface area contributed by atoms with E-state index in [2.05, 4.69) is 105 Å². The van der Waals surface area contributed by atoms with Gasteiger partial charge in [0.15, 0.2) is 17.5 Å². The van der Waals surface area contributed by atoms with E-state index in [1.165, 1.54) is 43.3 Å². The van der Waals surface area contributed by atoms with Gasteiger partial charge in [0, 0.05) is 47.5 Å². The van der Waals surface area contributed by atoms with Gasteiger partial charge in [-0.25, -0.2) is 34.0 Å². The van der Waals surface area contributed by atoms with Crippen molar-refractivity contribution in [3.63, 3.8) is 0 Å². The van der Waals surface area contributed by atoms with Crippen LogP contribution in [0.5, 0.6) is 29.0 Å². The van der Waals surface area contributed by atoms with Crippen molar-refractivity contribution in [1.29, 1.82) is 0 Å². The number of rotatable bonds is 33. The molecule has 7 saturated carbocycles. The predicted octanol–water partition coefficient (Wildman–Crippen LogP) is 9.56. The molecule has 0 aromatic carbocycles. The van der Waals surface area contributed by atoms with Crippen molar-refractivity contribution in [2.24, 2.45) is 69.6 Å². The molecule has 19 rings (SSSR count). The number of aromatic nitrogens is 30. The first-order valence-corrected chi connectivity index (χ1v) is 45.6. The number of carboxylic acids is 4. The number of aliphatic carboxylic acids is 4. The molecule has 132 heavy (non-hydrogen) atoms. The maximum Gasteiger partial charge on any atom is 0.356 e. The average Bonchev–Trinajstić information content (AvgIpc) is 1.65. The topological polar surface area (TPSA) is 539 Å². The van der Waals surface area contributed by atoms with Crippen molar-refractivity contribution >= 4 is 23.9 Å². The van der Waals surface area contributed by atoms with E-state index in [4.69, 9.17) is 48.1 Å². The second-order valence-corrected chi connectivity index (χ2v) is 35.6. The lowest BCUT2D eigenvalue weighted by molar-refractivity contribution is -0.144. The minimum Gasteiger partial charge on any atom is -0.489 e. The first kappa shape index (κ1) is 91.7. The second-order valence-electron chi connectivity index (χ2n) is 35.6. The molecule has 0 radical (unpaired) electrons. The van der Waals surface area contributed by atoms with Crippen LogP contribution in [0.15, 0.2) is 53.1 Å². The van der Waals surface area contributed by atoms with Gasteiger partial charge >= 0.3 is 29.9 Å². The molecule has 7 aliphatic carbocycles. The maximum atomic E-state index is 11.3. The van der Waals surface area contributed by atoms with Crippen LogP contribution in [0, 0.1) is 69.1 Å². The Hall–Kier alpha value is -13.6. The van der Waals surface area contributed by atoms with Crippen LogP contribution >= 0.6 is 0 Å². The molecule has 12 aromatic rings. The zero-order valence-corrected chi connectivity index (χ0v) is 75.7. The number of ether oxygens (including phenoxy) is 5. The van der Waals surface area contributed by atoms with Crippen LogP contribution < -0.4 is 23.7 Å². The van der Waals surface area contributed by atoms with Crippen LogP contribution in [0.4, 0.5) is 0 Å². The summed E-state index contributed by atoms with van der Waals surface area (Å²) in [7, 11) is 7.30. The minimum absolute atomic E-state index is 0.110. The predicted molar refractivity (Wildman–Crippen MR) is 465 cm³/mol. The fourth-order valence-electron chi connectivity index (χ4n) is 16.9. The van der Waals surface area contributed by atoms with Gasteiger partial charge in [0.1, 0.15) is 65.4 Å². The normalized spacial score (nSPS) is 20.1. The van der Waals surface area contributed by atoms with Crippen molar-refractivity contribution in [3.05, 3.63) is 117 Å². The molecule has 0 spiro atoms. The number of carbonyl (C=O) groups is 4. The summed E-state index contributed by atoms with van der Waals surface area (Å²) in [5, 5.41) is 113. The Bertz CT molecular complexity index is 5820. The van der Waals surface area contributed by atoms with E-state index in [0.29, 0.717) is 194 Å². The molecule has 12 aromatic heterocycles. The Morgan fingerprint density at radius 3 is 1.08 bits per heavy atom. The molecule has 7 aliphatic rings. The molecule has 0 saturated heterocycles. The third kappa shape index (κ3) is 23.8. The molecule has 0 bridgehead atoms. The lowest BCUT2D eigenvalue weighted by Gasteiger charge is -2.27. The van der Waals surface area contributed by atoms with Crippen molar-refractivity contribution in [3.8, 4) is 74.6 Å². The summed E-state index contributed by atoms with van der Waals surface area (Å²) < 4.78 is 42.2. The van der Waals surface area contributed by atoms with E-state index >= 15 is 0 Å². The number of tetrazole rings is 3. The molecule has 0 aliphatic heterocycles. The van der Waals surface area contributed by atoms with Gasteiger partial charge in [-0.2, -0.15) is 19.4 Å². The van der Waals surface area contributed by atoms with E-state index in [-0.39, 0.29) is 54.1 Å². The SMILES string of the molecule is CCCc1nnn(Cc2c(-c3ccc(O[C@H]4CCC[C@H](C(=O)O)C4)c(C)n3)nnn2C)n1.Cc1nc(-c2nnn(C)c2Cc2noc(CC3CC3)n2)ccc1O[C@H]1CCC[C@H](C(=O)O)C1.Cc1nc(-c2nnn(C)c2Cn2nnc(CC3CC3)n2)ccc1O[C@H]1CCC[C@H](C(=O)O)C1.Cc1nc(-c2nnn(C)c2Cn2nnc(OCC3CC3)n2)ccc1O[C@H]1CCC[C@H](C(=O)O)C1. The summed E-state index contributed by atoms with van der Waals surface area (Å²) in [6.45, 7) is 11.3. The first-order valence-electron chi connectivity index (χ1n) is 45.6. The number of nitrogens with zero attached hydrogens (tertiary/aromatic N) is 30. The molecule has 698 valence electrons. The van der Waals surface area contributed by atoms with E-state index < -0.39 is 23.9 Å². The summed E-state index contributed by atoms with van der Waals surface area (Å²) >= 11 is 0.